The Morgan fingerprint density at radius 1 is 1.24 bits per heavy atom. The van der Waals surface area contributed by atoms with Crippen LogP contribution in [-0.2, 0) is 0 Å². The van der Waals surface area contributed by atoms with Crippen LogP contribution in [0.15, 0.2) is 12.7 Å². The van der Waals surface area contributed by atoms with Crippen LogP contribution in [0.4, 0.5) is 11.9 Å². The Morgan fingerprint density at radius 2 is 2.10 bits per heavy atom. The van der Waals surface area contributed by atoms with Crippen LogP contribution in [0.25, 0.3) is 5.95 Å². The number of aromatic nitrogens is 6. The highest BCUT2D eigenvalue weighted by atomic mass is 15.4. The number of hydrogen-bond donors (Lipinski definition) is 2. The predicted octanol–water partition coefficient (Wildman–Crippen LogP) is 1.42. The standard InChI is InChI=1S/C13H20N8/c14-11-18-12(16-7-3-6-10-4-1-2-5-10)20-13(19-11)21-9-15-8-17-21/h8-10H,1-7H2,(H3,14,16,18,19,20). The molecule has 2 aromatic heterocycles. The minimum atomic E-state index is 0.175. The van der Waals surface area contributed by atoms with E-state index in [0.717, 1.165) is 18.9 Å². The van der Waals surface area contributed by atoms with Crippen LogP contribution in [0, 0.1) is 5.92 Å². The Bertz CT molecular complexity index is 562. The van der Waals surface area contributed by atoms with Gasteiger partial charge in [-0.2, -0.15) is 24.7 Å². The van der Waals surface area contributed by atoms with E-state index >= 15 is 0 Å². The predicted molar refractivity (Wildman–Crippen MR) is 78.8 cm³/mol. The first-order chi connectivity index (χ1) is 10.3. The summed E-state index contributed by atoms with van der Waals surface area (Å²) in [5.74, 6) is 1.94. The Labute approximate surface area is 123 Å². The van der Waals surface area contributed by atoms with Gasteiger partial charge in [0.1, 0.15) is 12.7 Å². The maximum absolute atomic E-state index is 5.71. The number of nitrogens with one attached hydrogen (secondary N) is 1. The topological polar surface area (TPSA) is 107 Å². The molecule has 21 heavy (non-hydrogen) atoms. The van der Waals surface area contributed by atoms with Gasteiger partial charge < -0.3 is 11.1 Å². The van der Waals surface area contributed by atoms with Crippen LogP contribution in [0.2, 0.25) is 0 Å². The fourth-order valence-corrected chi connectivity index (χ4v) is 2.76. The number of nitrogen functional groups attached to an aromatic ring is 1. The van der Waals surface area contributed by atoms with E-state index in [1.54, 1.807) is 0 Å². The van der Waals surface area contributed by atoms with Crippen LogP contribution < -0.4 is 11.1 Å². The minimum Gasteiger partial charge on any atom is -0.368 e. The average molecular weight is 288 g/mol. The molecule has 8 heteroatoms. The molecule has 2 aromatic rings. The van der Waals surface area contributed by atoms with E-state index in [1.165, 1.54) is 49.4 Å². The second kappa shape index (κ2) is 6.47. The molecule has 0 radical (unpaired) electrons. The summed E-state index contributed by atoms with van der Waals surface area (Å²) in [6, 6.07) is 0. The van der Waals surface area contributed by atoms with E-state index in [1.807, 2.05) is 0 Å². The molecule has 1 fully saturated rings. The molecular weight excluding hydrogens is 268 g/mol. The lowest BCUT2D eigenvalue weighted by Crippen LogP contribution is -2.12. The van der Waals surface area contributed by atoms with Crippen LogP contribution in [0.5, 0.6) is 0 Å². The molecule has 3 N–H and O–H groups in total. The number of nitrogens with zero attached hydrogens (tertiary/aromatic N) is 6. The van der Waals surface area contributed by atoms with Crippen molar-refractivity contribution in [3.05, 3.63) is 12.7 Å². The van der Waals surface area contributed by atoms with Crippen LogP contribution in [0.3, 0.4) is 0 Å². The van der Waals surface area contributed by atoms with Gasteiger partial charge in [0.25, 0.3) is 5.95 Å². The Kier molecular flexibility index (Phi) is 4.23. The van der Waals surface area contributed by atoms with Gasteiger partial charge in [-0.05, 0) is 18.8 Å². The van der Waals surface area contributed by atoms with E-state index in [9.17, 15) is 0 Å². The number of hydrogen-bond acceptors (Lipinski definition) is 7. The van der Waals surface area contributed by atoms with Crippen molar-refractivity contribution in [3.8, 4) is 5.95 Å². The Balaban J connectivity index is 1.55. The lowest BCUT2D eigenvalue weighted by atomic mass is 10.0. The van der Waals surface area contributed by atoms with Crippen molar-refractivity contribution in [1.29, 1.82) is 0 Å². The molecule has 0 aliphatic heterocycles. The summed E-state index contributed by atoms with van der Waals surface area (Å²) in [7, 11) is 0. The van der Waals surface area contributed by atoms with E-state index in [4.69, 9.17) is 5.73 Å². The van der Waals surface area contributed by atoms with Gasteiger partial charge in [0.05, 0.1) is 0 Å². The number of anilines is 2. The normalized spacial score (nSPS) is 15.4. The molecule has 112 valence electrons. The second-order valence-electron chi connectivity index (χ2n) is 5.38. The zero-order chi connectivity index (χ0) is 14.5. The largest absolute Gasteiger partial charge is 0.368 e. The van der Waals surface area contributed by atoms with Gasteiger partial charge >= 0.3 is 0 Å². The highest BCUT2D eigenvalue weighted by Gasteiger charge is 2.14. The first kappa shape index (κ1) is 13.7. The fraction of sp³-hybridized carbons (Fsp3) is 0.615. The molecule has 0 unspecified atom stereocenters. The summed E-state index contributed by atoms with van der Waals surface area (Å²) < 4.78 is 1.46. The maximum Gasteiger partial charge on any atom is 0.258 e. The molecule has 0 atom stereocenters. The van der Waals surface area contributed by atoms with Crippen LogP contribution in [0.1, 0.15) is 38.5 Å². The monoisotopic (exact) mass is 288 g/mol. The first-order valence-electron chi connectivity index (χ1n) is 7.42. The molecule has 1 saturated carbocycles. The van der Waals surface area contributed by atoms with Crippen molar-refractivity contribution in [2.24, 2.45) is 5.92 Å². The molecule has 0 saturated heterocycles. The third-order valence-corrected chi connectivity index (χ3v) is 3.81. The molecule has 8 nitrogen and oxygen atoms in total. The Morgan fingerprint density at radius 3 is 2.86 bits per heavy atom. The van der Waals surface area contributed by atoms with E-state index in [-0.39, 0.29) is 5.95 Å². The van der Waals surface area contributed by atoms with Crippen LogP contribution in [-0.4, -0.2) is 36.3 Å². The zero-order valence-electron chi connectivity index (χ0n) is 11.9. The van der Waals surface area contributed by atoms with E-state index in [2.05, 4.69) is 30.4 Å². The van der Waals surface area contributed by atoms with Gasteiger partial charge in [0.2, 0.25) is 11.9 Å². The average Bonchev–Trinajstić information content (AvgIpc) is 3.16. The summed E-state index contributed by atoms with van der Waals surface area (Å²) in [4.78, 5) is 16.3. The third-order valence-electron chi connectivity index (χ3n) is 3.81. The zero-order valence-corrected chi connectivity index (χ0v) is 11.9. The van der Waals surface area contributed by atoms with Gasteiger partial charge in [-0.25, -0.2) is 4.98 Å². The highest BCUT2D eigenvalue weighted by Crippen LogP contribution is 2.28. The molecule has 0 aromatic carbocycles. The SMILES string of the molecule is Nc1nc(NCCCC2CCCC2)nc(-n2cncn2)n1. The van der Waals surface area contributed by atoms with E-state index in [0.29, 0.717) is 11.9 Å². The highest BCUT2D eigenvalue weighted by molar-refractivity contribution is 5.34. The molecule has 1 aliphatic carbocycles. The number of nitrogens with two attached hydrogens (primary N) is 1. The maximum atomic E-state index is 5.71. The van der Waals surface area contributed by atoms with Crippen molar-refractivity contribution < 1.29 is 0 Å². The summed E-state index contributed by atoms with van der Waals surface area (Å²) >= 11 is 0. The van der Waals surface area contributed by atoms with Crippen molar-refractivity contribution in [1.82, 2.24) is 29.7 Å². The van der Waals surface area contributed by atoms with Crippen LogP contribution >= 0.6 is 0 Å². The number of rotatable bonds is 6. The van der Waals surface area contributed by atoms with Crippen molar-refractivity contribution >= 4 is 11.9 Å². The summed E-state index contributed by atoms with van der Waals surface area (Å²) in [5.41, 5.74) is 5.71. The van der Waals surface area contributed by atoms with Gasteiger partial charge in [-0.1, -0.05) is 25.7 Å². The smallest absolute Gasteiger partial charge is 0.258 e. The molecule has 2 heterocycles. The third kappa shape index (κ3) is 3.65. The molecule has 0 amide bonds. The summed E-state index contributed by atoms with van der Waals surface area (Å²) in [5, 5.41) is 7.19. The molecule has 0 spiro atoms. The quantitative estimate of drug-likeness (QED) is 0.774. The first-order valence-corrected chi connectivity index (χ1v) is 7.42. The molecule has 1 aliphatic rings. The summed E-state index contributed by atoms with van der Waals surface area (Å²) in [6.45, 7) is 0.844. The molecule has 3 rings (SSSR count). The molecule has 0 bridgehead atoms. The van der Waals surface area contributed by atoms with Gasteiger partial charge in [-0.3, -0.25) is 0 Å². The van der Waals surface area contributed by atoms with Gasteiger partial charge in [-0.15, -0.1) is 0 Å². The van der Waals surface area contributed by atoms with Crippen molar-refractivity contribution in [2.45, 2.75) is 38.5 Å². The Hall–Kier alpha value is -2.25. The van der Waals surface area contributed by atoms with E-state index < -0.39 is 0 Å². The van der Waals surface area contributed by atoms with Gasteiger partial charge in [0, 0.05) is 6.54 Å². The molecular formula is C13H20N8. The summed E-state index contributed by atoms with van der Waals surface area (Å²) in [6.07, 6.45) is 10.9. The van der Waals surface area contributed by atoms with Crippen molar-refractivity contribution in [3.63, 3.8) is 0 Å². The minimum absolute atomic E-state index is 0.175. The van der Waals surface area contributed by atoms with Crippen molar-refractivity contribution in [2.75, 3.05) is 17.6 Å². The van der Waals surface area contributed by atoms with Gasteiger partial charge in [0.15, 0.2) is 0 Å². The lowest BCUT2D eigenvalue weighted by Gasteiger charge is -2.09. The second-order valence-corrected chi connectivity index (χ2v) is 5.38. The fourth-order valence-electron chi connectivity index (χ4n) is 2.76. The lowest BCUT2D eigenvalue weighted by molar-refractivity contribution is 0.491.